The molecule has 2 aromatic rings. The second-order valence-electron chi connectivity index (χ2n) is 4.07. The fraction of sp³-hybridized carbons (Fsp3) is 0. The largest absolute Gasteiger partial charge is 0.478 e. The van der Waals surface area contributed by atoms with Crippen LogP contribution in [0.4, 0.5) is 11.4 Å². The number of rotatable bonds is 4. The first-order valence-corrected chi connectivity index (χ1v) is 6.05. The first kappa shape index (κ1) is 13.9. The molecule has 0 spiro atoms. The molecule has 0 bridgehead atoms. The molecule has 0 fully saturated rings. The van der Waals surface area contributed by atoms with E-state index in [1.165, 1.54) is 18.2 Å². The molecule has 0 aliphatic carbocycles. The van der Waals surface area contributed by atoms with E-state index in [0.717, 1.165) is 0 Å². The average Bonchev–Trinajstić information content (AvgIpc) is 2.41. The zero-order chi connectivity index (χ0) is 14.7. The van der Waals surface area contributed by atoms with Gasteiger partial charge in [0.1, 0.15) is 0 Å². The van der Waals surface area contributed by atoms with Crippen molar-refractivity contribution >= 4 is 34.9 Å². The highest BCUT2D eigenvalue weighted by Crippen LogP contribution is 2.24. The molecule has 0 radical (unpaired) electrons. The molecule has 1 amide bonds. The first-order chi connectivity index (χ1) is 9.47. The van der Waals surface area contributed by atoms with Crippen LogP contribution < -0.4 is 11.1 Å². The molecular formula is C14H11ClN2O3. The molecule has 102 valence electrons. The third kappa shape index (κ3) is 3.07. The summed E-state index contributed by atoms with van der Waals surface area (Å²) >= 11 is 5.82. The van der Waals surface area contributed by atoms with Gasteiger partial charge < -0.3 is 16.2 Å². The molecule has 2 aromatic carbocycles. The molecule has 0 aliphatic rings. The number of nitrogens with one attached hydrogen (secondary N) is 1. The number of hydrogen-bond acceptors (Lipinski definition) is 3. The Morgan fingerprint density at radius 1 is 1.15 bits per heavy atom. The van der Waals surface area contributed by atoms with E-state index in [9.17, 15) is 9.59 Å². The summed E-state index contributed by atoms with van der Waals surface area (Å²) < 4.78 is 0. The maximum Gasteiger partial charge on any atom is 0.335 e. The lowest BCUT2D eigenvalue weighted by Gasteiger charge is -2.11. The summed E-state index contributed by atoms with van der Waals surface area (Å²) in [7, 11) is 0. The highest BCUT2D eigenvalue weighted by atomic mass is 35.5. The van der Waals surface area contributed by atoms with Gasteiger partial charge in [0.05, 0.1) is 16.8 Å². The van der Waals surface area contributed by atoms with Crippen molar-refractivity contribution in [2.45, 2.75) is 0 Å². The number of nitrogens with two attached hydrogens (primary N) is 1. The van der Waals surface area contributed by atoms with Crippen molar-refractivity contribution in [2.75, 3.05) is 5.32 Å². The van der Waals surface area contributed by atoms with E-state index in [4.69, 9.17) is 22.4 Å². The number of benzene rings is 2. The number of carboxylic acid groups (broad SMARTS) is 1. The zero-order valence-electron chi connectivity index (χ0n) is 10.3. The second kappa shape index (κ2) is 5.63. The molecule has 20 heavy (non-hydrogen) atoms. The van der Waals surface area contributed by atoms with E-state index in [1.54, 1.807) is 24.3 Å². The van der Waals surface area contributed by atoms with E-state index in [-0.39, 0.29) is 11.1 Å². The summed E-state index contributed by atoms with van der Waals surface area (Å²) in [5.41, 5.74) is 6.66. The number of carboxylic acids is 1. The predicted octanol–water partition coefficient (Wildman–Crippen LogP) is 2.88. The van der Waals surface area contributed by atoms with Gasteiger partial charge in [0.15, 0.2) is 0 Å². The SMILES string of the molecule is NC(=O)c1cc(Cl)ccc1Nc1cccc(C(=O)O)c1. The van der Waals surface area contributed by atoms with Gasteiger partial charge in [-0.05, 0) is 36.4 Å². The summed E-state index contributed by atoms with van der Waals surface area (Å²) in [4.78, 5) is 22.3. The van der Waals surface area contributed by atoms with Crippen LogP contribution in [-0.4, -0.2) is 17.0 Å². The fourth-order valence-corrected chi connectivity index (χ4v) is 1.89. The lowest BCUT2D eigenvalue weighted by atomic mass is 10.1. The summed E-state index contributed by atoms with van der Waals surface area (Å²) in [6.07, 6.45) is 0. The van der Waals surface area contributed by atoms with E-state index < -0.39 is 11.9 Å². The highest BCUT2D eigenvalue weighted by molar-refractivity contribution is 6.31. The van der Waals surface area contributed by atoms with Crippen LogP contribution in [0, 0.1) is 0 Å². The van der Waals surface area contributed by atoms with Crippen molar-refractivity contribution in [1.29, 1.82) is 0 Å². The lowest BCUT2D eigenvalue weighted by Crippen LogP contribution is -2.13. The molecular weight excluding hydrogens is 280 g/mol. The molecule has 4 N–H and O–H groups in total. The molecule has 6 heteroatoms. The number of amides is 1. The normalized spacial score (nSPS) is 10.1. The Morgan fingerprint density at radius 3 is 2.55 bits per heavy atom. The number of primary amides is 1. The van der Waals surface area contributed by atoms with Crippen LogP contribution in [-0.2, 0) is 0 Å². The monoisotopic (exact) mass is 290 g/mol. The van der Waals surface area contributed by atoms with E-state index in [0.29, 0.717) is 16.4 Å². The average molecular weight is 291 g/mol. The summed E-state index contributed by atoms with van der Waals surface area (Å²) in [6.45, 7) is 0. The number of carbonyl (C=O) groups excluding carboxylic acids is 1. The van der Waals surface area contributed by atoms with Gasteiger partial charge >= 0.3 is 5.97 Å². The summed E-state index contributed by atoms with van der Waals surface area (Å²) in [5.74, 6) is -1.65. The van der Waals surface area contributed by atoms with Crippen molar-refractivity contribution in [3.05, 3.63) is 58.6 Å². The van der Waals surface area contributed by atoms with Gasteiger partial charge in [-0.3, -0.25) is 4.79 Å². The van der Waals surface area contributed by atoms with Crippen LogP contribution in [0.5, 0.6) is 0 Å². The van der Waals surface area contributed by atoms with Crippen LogP contribution >= 0.6 is 11.6 Å². The minimum absolute atomic E-state index is 0.143. The maximum absolute atomic E-state index is 11.4. The van der Waals surface area contributed by atoms with Crippen molar-refractivity contribution in [3.63, 3.8) is 0 Å². The Kier molecular flexibility index (Phi) is 3.91. The van der Waals surface area contributed by atoms with Crippen LogP contribution in [0.25, 0.3) is 0 Å². The van der Waals surface area contributed by atoms with E-state index in [2.05, 4.69) is 5.32 Å². The number of halogens is 1. The smallest absolute Gasteiger partial charge is 0.335 e. The molecule has 0 atom stereocenters. The number of anilines is 2. The Balaban J connectivity index is 2.37. The highest BCUT2D eigenvalue weighted by Gasteiger charge is 2.10. The summed E-state index contributed by atoms with van der Waals surface area (Å²) in [5, 5.41) is 12.3. The molecule has 0 aliphatic heterocycles. The van der Waals surface area contributed by atoms with Crippen LogP contribution in [0.2, 0.25) is 5.02 Å². The van der Waals surface area contributed by atoms with Crippen molar-refractivity contribution in [2.24, 2.45) is 5.73 Å². The van der Waals surface area contributed by atoms with E-state index >= 15 is 0 Å². The quantitative estimate of drug-likeness (QED) is 0.807. The number of hydrogen-bond donors (Lipinski definition) is 3. The maximum atomic E-state index is 11.4. The Hall–Kier alpha value is -2.53. The van der Waals surface area contributed by atoms with Gasteiger partial charge in [-0.25, -0.2) is 4.79 Å². The minimum Gasteiger partial charge on any atom is -0.478 e. The van der Waals surface area contributed by atoms with Crippen molar-refractivity contribution in [3.8, 4) is 0 Å². The van der Waals surface area contributed by atoms with Gasteiger partial charge in [0, 0.05) is 10.7 Å². The van der Waals surface area contributed by atoms with Gasteiger partial charge in [-0.15, -0.1) is 0 Å². The Bertz CT molecular complexity index is 686. The molecule has 5 nitrogen and oxygen atoms in total. The fourth-order valence-electron chi connectivity index (χ4n) is 1.71. The second-order valence-corrected chi connectivity index (χ2v) is 4.50. The van der Waals surface area contributed by atoms with Gasteiger partial charge in [-0.1, -0.05) is 17.7 Å². The first-order valence-electron chi connectivity index (χ1n) is 5.67. The van der Waals surface area contributed by atoms with Crippen molar-refractivity contribution in [1.82, 2.24) is 0 Å². The molecule has 0 saturated heterocycles. The number of aromatic carboxylic acids is 1. The molecule has 0 unspecified atom stereocenters. The van der Waals surface area contributed by atoms with E-state index in [1.807, 2.05) is 0 Å². The summed E-state index contributed by atoms with van der Waals surface area (Å²) in [6, 6.07) is 10.9. The molecule has 0 aromatic heterocycles. The predicted molar refractivity (Wildman–Crippen MR) is 76.7 cm³/mol. The number of carbonyl (C=O) groups is 2. The molecule has 0 heterocycles. The Labute approximate surface area is 120 Å². The van der Waals surface area contributed by atoms with Crippen LogP contribution in [0.3, 0.4) is 0 Å². The molecule has 0 saturated carbocycles. The Morgan fingerprint density at radius 2 is 1.90 bits per heavy atom. The van der Waals surface area contributed by atoms with Gasteiger partial charge in [-0.2, -0.15) is 0 Å². The van der Waals surface area contributed by atoms with Gasteiger partial charge in [0.2, 0.25) is 0 Å². The van der Waals surface area contributed by atoms with Crippen LogP contribution in [0.15, 0.2) is 42.5 Å². The van der Waals surface area contributed by atoms with Crippen molar-refractivity contribution < 1.29 is 14.7 Å². The van der Waals surface area contributed by atoms with Crippen LogP contribution in [0.1, 0.15) is 20.7 Å². The van der Waals surface area contributed by atoms with Gasteiger partial charge in [0.25, 0.3) is 5.91 Å². The zero-order valence-corrected chi connectivity index (χ0v) is 11.0. The molecule has 2 rings (SSSR count). The topological polar surface area (TPSA) is 92.4 Å². The third-order valence-electron chi connectivity index (χ3n) is 2.64. The minimum atomic E-state index is -1.03. The lowest BCUT2D eigenvalue weighted by molar-refractivity contribution is 0.0696. The standard InChI is InChI=1S/C14H11ClN2O3/c15-9-4-5-12(11(7-9)13(16)18)17-10-3-1-2-8(6-10)14(19)20/h1-7,17H,(H2,16,18)(H,19,20). The third-order valence-corrected chi connectivity index (χ3v) is 2.87.